The van der Waals surface area contributed by atoms with E-state index in [-0.39, 0.29) is 17.7 Å². The lowest BCUT2D eigenvalue weighted by molar-refractivity contribution is -0.123. The third-order valence-corrected chi connectivity index (χ3v) is 7.27. The van der Waals surface area contributed by atoms with Gasteiger partial charge in [-0.15, -0.1) is 0 Å². The SMILES string of the molecule is O=C1S/C(=C\c2cccc(OCc3cccc4ccccc34)c2)C(=O)N1Cc1ccc(Cl)c(Cl)c1. The summed E-state index contributed by atoms with van der Waals surface area (Å²) >= 11 is 12.9. The number of fused-ring (bicyclic) bond motifs is 1. The first-order valence-corrected chi connectivity index (χ1v) is 12.4. The Morgan fingerprint density at radius 3 is 2.51 bits per heavy atom. The number of halogens is 2. The van der Waals surface area contributed by atoms with Crippen LogP contribution in [0.4, 0.5) is 4.79 Å². The van der Waals surface area contributed by atoms with Gasteiger partial charge in [-0.05, 0) is 69.6 Å². The molecule has 0 atom stereocenters. The van der Waals surface area contributed by atoms with Crippen molar-refractivity contribution in [2.24, 2.45) is 0 Å². The van der Waals surface area contributed by atoms with Gasteiger partial charge in [0.25, 0.3) is 11.1 Å². The number of ether oxygens (including phenoxy) is 1. The van der Waals surface area contributed by atoms with Gasteiger partial charge in [0.05, 0.1) is 21.5 Å². The second kappa shape index (κ2) is 10.2. The van der Waals surface area contributed by atoms with Gasteiger partial charge < -0.3 is 4.74 Å². The van der Waals surface area contributed by atoms with Crippen molar-refractivity contribution >= 4 is 63.0 Å². The molecule has 0 bridgehead atoms. The Kier molecular flexibility index (Phi) is 6.82. The molecule has 0 N–H and O–H groups in total. The van der Waals surface area contributed by atoms with Gasteiger partial charge in [-0.1, -0.05) is 83.9 Å². The zero-order chi connectivity index (χ0) is 24.4. The Hall–Kier alpha value is -3.25. The molecule has 0 unspecified atom stereocenters. The van der Waals surface area contributed by atoms with Gasteiger partial charge in [0.1, 0.15) is 12.4 Å². The molecule has 5 rings (SSSR count). The number of hydrogen-bond donors (Lipinski definition) is 0. The molecule has 174 valence electrons. The maximum Gasteiger partial charge on any atom is 0.293 e. The molecule has 2 amide bonds. The molecule has 4 aromatic carbocycles. The predicted octanol–water partition coefficient (Wildman–Crippen LogP) is 7.96. The molecule has 4 aromatic rings. The number of imide groups is 1. The molecule has 0 saturated carbocycles. The van der Waals surface area contributed by atoms with Gasteiger partial charge in [-0.3, -0.25) is 14.5 Å². The van der Waals surface area contributed by atoms with E-state index in [1.807, 2.05) is 42.5 Å². The van der Waals surface area contributed by atoms with Gasteiger partial charge in [0.2, 0.25) is 0 Å². The van der Waals surface area contributed by atoms with Crippen molar-refractivity contribution in [3.63, 3.8) is 0 Å². The number of carbonyl (C=O) groups excluding carboxylic acids is 2. The minimum Gasteiger partial charge on any atom is -0.489 e. The number of hydrogen-bond acceptors (Lipinski definition) is 4. The Balaban J connectivity index is 1.30. The second-order valence-electron chi connectivity index (χ2n) is 8.02. The monoisotopic (exact) mass is 519 g/mol. The van der Waals surface area contributed by atoms with E-state index in [4.69, 9.17) is 27.9 Å². The van der Waals surface area contributed by atoms with Crippen LogP contribution in [0, 0.1) is 0 Å². The van der Waals surface area contributed by atoms with Crippen molar-refractivity contribution in [3.05, 3.63) is 117 Å². The van der Waals surface area contributed by atoms with Crippen molar-refractivity contribution in [1.82, 2.24) is 4.90 Å². The van der Waals surface area contributed by atoms with Crippen molar-refractivity contribution in [2.75, 3.05) is 0 Å². The third kappa shape index (κ3) is 5.22. The zero-order valence-electron chi connectivity index (χ0n) is 18.4. The standard InChI is InChI=1S/C28H19Cl2NO3S/c29-24-12-11-19(14-25(24)30)16-31-27(32)26(35-28(31)33)15-18-5-3-9-22(13-18)34-17-21-8-4-7-20-6-1-2-10-23(20)21/h1-15H,16-17H2/b26-15-. The van der Waals surface area contributed by atoms with E-state index >= 15 is 0 Å². The molecule has 7 heteroatoms. The van der Waals surface area contributed by atoms with Gasteiger partial charge in [0, 0.05) is 0 Å². The van der Waals surface area contributed by atoms with E-state index in [2.05, 4.69) is 24.3 Å². The summed E-state index contributed by atoms with van der Waals surface area (Å²) in [6.45, 7) is 0.554. The van der Waals surface area contributed by atoms with E-state index in [9.17, 15) is 9.59 Å². The molecular formula is C28H19Cl2NO3S. The summed E-state index contributed by atoms with van der Waals surface area (Å²) in [5.74, 6) is 0.342. The van der Waals surface area contributed by atoms with Crippen molar-refractivity contribution in [2.45, 2.75) is 13.2 Å². The van der Waals surface area contributed by atoms with E-state index in [1.165, 1.54) is 10.3 Å². The van der Waals surface area contributed by atoms with E-state index in [0.29, 0.717) is 27.3 Å². The van der Waals surface area contributed by atoms with Gasteiger partial charge in [-0.2, -0.15) is 0 Å². The Morgan fingerprint density at radius 1 is 0.857 bits per heavy atom. The highest BCUT2D eigenvalue weighted by Crippen LogP contribution is 2.34. The van der Waals surface area contributed by atoms with Crippen molar-refractivity contribution in [1.29, 1.82) is 0 Å². The maximum absolute atomic E-state index is 12.9. The fourth-order valence-electron chi connectivity index (χ4n) is 3.88. The molecular weight excluding hydrogens is 501 g/mol. The molecule has 0 radical (unpaired) electrons. The predicted molar refractivity (Wildman–Crippen MR) is 143 cm³/mol. The van der Waals surface area contributed by atoms with Gasteiger partial charge in [0.15, 0.2) is 0 Å². The summed E-state index contributed by atoms with van der Waals surface area (Å²) in [7, 11) is 0. The normalized spacial score (nSPS) is 14.8. The minimum atomic E-state index is -0.340. The van der Waals surface area contributed by atoms with Crippen LogP contribution in [0.15, 0.2) is 89.8 Å². The fraction of sp³-hybridized carbons (Fsp3) is 0.0714. The van der Waals surface area contributed by atoms with Crippen LogP contribution in [0.3, 0.4) is 0 Å². The Labute approximate surface area is 217 Å². The smallest absolute Gasteiger partial charge is 0.293 e. The van der Waals surface area contributed by atoms with Crippen LogP contribution in [0.2, 0.25) is 10.0 Å². The summed E-state index contributed by atoms with van der Waals surface area (Å²) in [5.41, 5.74) is 2.60. The zero-order valence-corrected chi connectivity index (χ0v) is 20.7. The van der Waals surface area contributed by atoms with Crippen LogP contribution >= 0.6 is 35.0 Å². The summed E-state index contributed by atoms with van der Waals surface area (Å²) in [4.78, 5) is 27.0. The number of benzene rings is 4. The van der Waals surface area contributed by atoms with Crippen LogP contribution in [-0.4, -0.2) is 16.0 Å². The lowest BCUT2D eigenvalue weighted by atomic mass is 10.1. The summed E-state index contributed by atoms with van der Waals surface area (Å²) < 4.78 is 6.05. The highest BCUT2D eigenvalue weighted by molar-refractivity contribution is 8.18. The minimum absolute atomic E-state index is 0.132. The highest BCUT2D eigenvalue weighted by Gasteiger charge is 2.35. The van der Waals surface area contributed by atoms with Crippen molar-refractivity contribution in [3.8, 4) is 5.75 Å². The molecule has 0 aromatic heterocycles. The third-order valence-electron chi connectivity index (χ3n) is 5.63. The quantitative estimate of drug-likeness (QED) is 0.242. The fourth-order valence-corrected chi connectivity index (χ4v) is 5.04. The largest absolute Gasteiger partial charge is 0.489 e. The molecule has 1 aliphatic heterocycles. The molecule has 0 aliphatic carbocycles. The van der Waals surface area contributed by atoms with Gasteiger partial charge >= 0.3 is 0 Å². The van der Waals surface area contributed by atoms with E-state index in [1.54, 1.807) is 24.3 Å². The molecule has 35 heavy (non-hydrogen) atoms. The molecule has 1 saturated heterocycles. The first-order valence-electron chi connectivity index (χ1n) is 10.9. The summed E-state index contributed by atoms with van der Waals surface area (Å²) in [6.07, 6.45) is 1.71. The number of carbonyl (C=O) groups is 2. The number of rotatable bonds is 6. The molecule has 1 fully saturated rings. The maximum atomic E-state index is 12.9. The number of thioether (sulfide) groups is 1. The highest BCUT2D eigenvalue weighted by atomic mass is 35.5. The van der Waals surface area contributed by atoms with Crippen LogP contribution in [0.1, 0.15) is 16.7 Å². The first-order chi connectivity index (χ1) is 17.0. The molecule has 0 spiro atoms. The first kappa shape index (κ1) is 23.5. The summed E-state index contributed by atoms with van der Waals surface area (Å²) in [6, 6.07) is 26.9. The topological polar surface area (TPSA) is 46.6 Å². The van der Waals surface area contributed by atoms with Crippen LogP contribution < -0.4 is 4.74 Å². The van der Waals surface area contributed by atoms with E-state index in [0.717, 1.165) is 33.8 Å². The van der Waals surface area contributed by atoms with Crippen LogP contribution in [0.5, 0.6) is 5.75 Å². The van der Waals surface area contributed by atoms with Crippen LogP contribution in [0.25, 0.3) is 16.8 Å². The lowest BCUT2D eigenvalue weighted by Gasteiger charge is -2.13. The van der Waals surface area contributed by atoms with Crippen LogP contribution in [-0.2, 0) is 17.9 Å². The number of nitrogens with zero attached hydrogens (tertiary/aromatic N) is 1. The number of amides is 2. The Bertz CT molecular complexity index is 1480. The average molecular weight is 520 g/mol. The molecule has 1 heterocycles. The average Bonchev–Trinajstić information content (AvgIpc) is 3.12. The van der Waals surface area contributed by atoms with Crippen molar-refractivity contribution < 1.29 is 14.3 Å². The second-order valence-corrected chi connectivity index (χ2v) is 9.82. The Morgan fingerprint density at radius 2 is 1.66 bits per heavy atom. The lowest BCUT2D eigenvalue weighted by Crippen LogP contribution is -2.27. The molecule has 1 aliphatic rings. The van der Waals surface area contributed by atoms with Gasteiger partial charge in [-0.25, -0.2) is 0 Å². The van der Waals surface area contributed by atoms with E-state index < -0.39 is 0 Å². The summed E-state index contributed by atoms with van der Waals surface area (Å²) in [5, 5.41) is 2.80. The molecule has 4 nitrogen and oxygen atoms in total.